The number of unbranched alkanes of at least 4 members (excludes halogenated alkanes) is 1. The molecule has 8 unspecified atom stereocenters. The summed E-state index contributed by atoms with van der Waals surface area (Å²) in [5.74, 6) is -5.94. The Kier molecular flexibility index (Phi) is 23.8. The molecule has 8 rings (SSSR count). The molecule has 2 heterocycles. The number of alkyl carbamates (subject to hydrolysis) is 1. The predicted octanol–water partition coefficient (Wildman–Crippen LogP) is 0.926. The van der Waals surface area contributed by atoms with E-state index in [2.05, 4.69) is 42.6 Å². The first-order valence-electron chi connectivity index (χ1n) is 30.0. The number of aliphatic hydroxyl groups is 3. The van der Waals surface area contributed by atoms with Gasteiger partial charge in [0.25, 0.3) is 0 Å². The number of nitrogens with one attached hydrogen (secondary N) is 5. The van der Waals surface area contributed by atoms with Gasteiger partial charge in [0.05, 0.1) is 87.3 Å². The third kappa shape index (κ3) is 17.2. The van der Waals surface area contributed by atoms with E-state index in [1.807, 2.05) is 30.3 Å². The molecule has 28 nitrogen and oxygen atoms in total. The molecule has 13 N–H and O–H groups in total. The average Bonchev–Trinajstić information content (AvgIpc) is 0.937. The summed E-state index contributed by atoms with van der Waals surface area (Å²) in [6.07, 6.45) is -4.01. The van der Waals surface area contributed by atoms with Crippen molar-refractivity contribution in [3.05, 3.63) is 129 Å². The van der Waals surface area contributed by atoms with Crippen LogP contribution in [0.4, 0.5) is 10.5 Å². The molecule has 1 aliphatic heterocycles. The maximum atomic E-state index is 14.1. The number of carbonyl (C=O) groups excluding carboxylic acids is 8. The minimum atomic E-state index is -2.41. The number of amides is 5. The summed E-state index contributed by atoms with van der Waals surface area (Å²) >= 11 is 0. The Morgan fingerprint density at radius 3 is 2.29 bits per heavy atom. The number of Topliss-reactive ketones (excluding diaryl/α,β-unsaturated/α-hetero) is 1. The lowest BCUT2D eigenvalue weighted by Crippen LogP contribution is -2.56. The van der Waals surface area contributed by atoms with Crippen LogP contribution in [0.15, 0.2) is 79.0 Å². The Balaban J connectivity index is 0.854. The van der Waals surface area contributed by atoms with Gasteiger partial charge in [0.2, 0.25) is 29.4 Å². The van der Waals surface area contributed by atoms with Gasteiger partial charge in [-0.3, -0.25) is 33.6 Å². The highest BCUT2D eigenvalue weighted by Crippen LogP contribution is 2.52. The number of phenols is 2. The number of nitrogens with zero attached hydrogens (tertiary/aromatic N) is 3. The van der Waals surface area contributed by atoms with Crippen LogP contribution < -0.4 is 37.1 Å². The van der Waals surface area contributed by atoms with Gasteiger partial charge in [-0.2, -0.15) is 0 Å². The van der Waals surface area contributed by atoms with Crippen LogP contribution in [0.25, 0.3) is 0 Å². The molecule has 1 fully saturated rings. The van der Waals surface area contributed by atoms with E-state index in [1.165, 1.54) is 32.2 Å². The molecular formula is C63H78N9O19+. The molecule has 0 spiro atoms. The number of aryl methyl sites for hydroxylation is 1. The summed E-state index contributed by atoms with van der Waals surface area (Å²) in [6.45, 7) is 2.38. The Hall–Kier alpha value is -8.74. The molecule has 5 aromatic rings. The minimum Gasteiger partial charge on any atom is -0.507 e. The van der Waals surface area contributed by atoms with Crippen LogP contribution in [0.3, 0.4) is 0 Å². The number of ketones is 3. The second kappa shape index (κ2) is 31.8. The molecule has 0 saturated carbocycles. The molecule has 0 bridgehead atoms. The van der Waals surface area contributed by atoms with Crippen molar-refractivity contribution in [1.82, 2.24) is 36.3 Å². The second-order valence-electron chi connectivity index (χ2n) is 22.4. The summed E-state index contributed by atoms with van der Waals surface area (Å²) in [5.41, 5.74) is 1.70. The molecule has 5 amide bonds. The Morgan fingerprint density at radius 2 is 1.57 bits per heavy atom. The van der Waals surface area contributed by atoms with Crippen molar-refractivity contribution in [3.8, 4) is 17.2 Å². The van der Waals surface area contributed by atoms with E-state index in [-0.39, 0.29) is 85.6 Å². The number of aromatic nitrogens is 3. The first kappa shape index (κ1) is 68.2. The standard InChI is InChI=1S/C63H77N9O19/c1-35-55(77)43(29-50(90-35)91-46-31-63(85,47(74)33-73)30-41-52(46)59(81)54-53(57(41)79)56(78)40-12-9-14-45(86-3)51(40)58(54)80)69-62(84)89-34-37-15-17-38(18-16-37)66-60(82)42(13-7-8-22-64)68-61(83)44(28-36-10-5-4-6-11-36)67-49(76)20-19-39-32-72(71-70-39)23-25-88-27-26-87-24-21-48(75)65-2/h4-6,9-12,14-18,32,35,42-44,46,50,55,73,77,79,81,85H,7-8,13,19-31,33-34,64H2,1-3H3,(H,65,75)(H,66,82)(H,67,76)(H,68,83)(H,69,84)/p+1. The number of hydrogen-bond acceptors (Lipinski definition) is 21. The summed E-state index contributed by atoms with van der Waals surface area (Å²) < 4.78 is 35.7. The second-order valence-corrected chi connectivity index (χ2v) is 22.4. The number of phenolic OH excluding ortho intramolecular Hbond substituents is 2. The normalized spacial score (nSPS) is 19.8. The van der Waals surface area contributed by atoms with E-state index < -0.39 is 132 Å². The number of anilines is 1. The first-order valence-corrected chi connectivity index (χ1v) is 30.0. The van der Waals surface area contributed by atoms with Crippen molar-refractivity contribution in [2.45, 2.75) is 133 Å². The fourth-order valence-electron chi connectivity index (χ4n) is 11.1. The lowest BCUT2D eigenvalue weighted by Gasteiger charge is -2.42. The number of ether oxygens (including phenoxy) is 6. The zero-order chi connectivity index (χ0) is 65.4. The van der Waals surface area contributed by atoms with Gasteiger partial charge in [-0.15, -0.1) is 5.10 Å². The largest absolute Gasteiger partial charge is 0.507 e. The number of fused-ring (bicyclic) bond motifs is 3. The zero-order valence-corrected chi connectivity index (χ0v) is 50.8. The molecule has 1 saturated heterocycles. The van der Waals surface area contributed by atoms with E-state index in [1.54, 1.807) is 42.2 Å². The molecule has 8 atom stereocenters. The van der Waals surface area contributed by atoms with Crippen LogP contribution in [0.2, 0.25) is 0 Å². The molecule has 0 radical (unpaired) electrons. The van der Waals surface area contributed by atoms with Gasteiger partial charge >= 0.3 is 6.09 Å². The van der Waals surface area contributed by atoms with Gasteiger partial charge < -0.3 is 86.3 Å². The van der Waals surface area contributed by atoms with Gasteiger partial charge in [0.1, 0.15) is 54.3 Å². The van der Waals surface area contributed by atoms with E-state index in [0.29, 0.717) is 62.7 Å². The Bertz CT molecular complexity index is 3420. The van der Waals surface area contributed by atoms with Crippen molar-refractivity contribution < 1.29 is 98.0 Å². The van der Waals surface area contributed by atoms with E-state index in [0.717, 1.165) is 5.56 Å². The molecule has 4 aromatic carbocycles. The smallest absolute Gasteiger partial charge is 0.407 e. The van der Waals surface area contributed by atoms with Crippen LogP contribution in [0.5, 0.6) is 17.2 Å². The number of hydrogen-bond donors (Lipinski definition) is 11. The number of methoxy groups -OCH3 is 1. The monoisotopic (exact) mass is 1260 g/mol. The minimum absolute atomic E-state index is 0.00682. The van der Waals surface area contributed by atoms with E-state index >= 15 is 0 Å². The van der Waals surface area contributed by atoms with Crippen LogP contribution in [0, 0.1) is 0 Å². The molecule has 1 aromatic heterocycles. The highest BCUT2D eigenvalue weighted by atomic mass is 16.7. The molecule has 91 heavy (non-hydrogen) atoms. The molecule has 2 aliphatic carbocycles. The van der Waals surface area contributed by atoms with Crippen LogP contribution in [-0.4, -0.2) is 184 Å². The van der Waals surface area contributed by atoms with Crippen molar-refractivity contribution in [3.63, 3.8) is 0 Å². The molecular weight excluding hydrogens is 1190 g/mol. The van der Waals surface area contributed by atoms with Crippen molar-refractivity contribution in [1.29, 1.82) is 0 Å². The number of aliphatic hydroxyl groups excluding tert-OH is 2. The zero-order valence-electron chi connectivity index (χ0n) is 50.8. The van der Waals surface area contributed by atoms with E-state index in [4.69, 9.17) is 28.4 Å². The maximum absolute atomic E-state index is 14.1. The fourth-order valence-corrected chi connectivity index (χ4v) is 11.1. The van der Waals surface area contributed by atoms with Crippen LogP contribution in [0.1, 0.15) is 118 Å². The first-order chi connectivity index (χ1) is 43.7. The number of aromatic hydroxyl groups is 2. The maximum Gasteiger partial charge on any atom is 0.407 e. The third-order valence-corrected chi connectivity index (χ3v) is 16.0. The Labute approximate surface area is 523 Å². The van der Waals surface area contributed by atoms with Gasteiger partial charge in [0.15, 0.2) is 17.9 Å². The van der Waals surface area contributed by atoms with Crippen molar-refractivity contribution >= 4 is 52.8 Å². The Morgan fingerprint density at radius 1 is 0.835 bits per heavy atom. The lowest BCUT2D eigenvalue weighted by molar-refractivity contribution is -0.368. The third-order valence-electron chi connectivity index (χ3n) is 16.0. The van der Waals surface area contributed by atoms with Crippen molar-refractivity contribution in [2.75, 3.05) is 59.1 Å². The van der Waals surface area contributed by atoms with Crippen molar-refractivity contribution in [2.24, 2.45) is 0 Å². The fraction of sp³-hybridized carbons (Fsp3) is 0.460. The number of quaternary nitrogens is 1. The van der Waals surface area contributed by atoms with Crippen LogP contribution >= 0.6 is 0 Å². The highest BCUT2D eigenvalue weighted by Gasteiger charge is 2.50. The SMILES string of the molecule is CNC(=O)CCOCCOCCn1cc(CCC(=O)NC(Cc2ccccc2)C(=O)NC(CCCC[NH3+])C(=O)Nc2ccc(COC(=O)NC3CC(OC4CC(O)(C(=O)CO)Cc5c(O)c6c(c(O)c54)C(=O)c4c(OC)cccc4C6=O)OC(C)C3O)cc2)nn1. The number of benzene rings is 4. The molecule has 488 valence electrons. The molecule has 28 heteroatoms. The summed E-state index contributed by atoms with van der Waals surface area (Å²) in [7, 11) is 2.85. The highest BCUT2D eigenvalue weighted by molar-refractivity contribution is 6.31. The number of rotatable bonds is 31. The summed E-state index contributed by atoms with van der Waals surface area (Å²) in [5, 5.41) is 78.4. The molecule has 3 aliphatic rings. The average molecular weight is 1270 g/mol. The van der Waals surface area contributed by atoms with Gasteiger partial charge in [-0.05, 0) is 55.5 Å². The van der Waals surface area contributed by atoms with Gasteiger partial charge in [-0.1, -0.05) is 59.8 Å². The topological polar surface area (TPSA) is 412 Å². The van der Waals surface area contributed by atoms with E-state index in [9.17, 15) is 63.9 Å². The predicted molar refractivity (Wildman–Crippen MR) is 320 cm³/mol. The summed E-state index contributed by atoms with van der Waals surface area (Å²) in [4.78, 5) is 107. The van der Waals surface area contributed by atoms with Gasteiger partial charge in [0, 0.05) is 80.6 Å². The lowest BCUT2D eigenvalue weighted by atomic mass is 9.72. The summed E-state index contributed by atoms with van der Waals surface area (Å²) in [6, 6.07) is 16.6. The number of carbonyl (C=O) groups is 8. The van der Waals surface area contributed by atoms with Gasteiger partial charge in [-0.25, -0.2) is 9.48 Å². The van der Waals surface area contributed by atoms with Crippen LogP contribution in [-0.2, 0) is 80.1 Å². The quantitative estimate of drug-likeness (QED) is 0.0213.